The fourth-order valence-corrected chi connectivity index (χ4v) is 4.01. The van der Waals surface area contributed by atoms with Crippen LogP contribution >= 0.6 is 0 Å². The Morgan fingerprint density at radius 3 is 2.52 bits per heavy atom. The molecule has 31 heavy (non-hydrogen) atoms. The molecule has 3 rings (SSSR count). The maximum atomic E-state index is 6.03. The van der Waals surface area contributed by atoms with E-state index in [1.807, 2.05) is 38.2 Å². The van der Waals surface area contributed by atoms with Crippen LogP contribution < -0.4 is 20.1 Å². The predicted molar refractivity (Wildman–Crippen MR) is 127 cm³/mol. The third-order valence-electron chi connectivity index (χ3n) is 5.76. The van der Waals surface area contributed by atoms with Crippen molar-refractivity contribution in [3.63, 3.8) is 0 Å². The molecule has 1 fully saturated rings. The molecule has 0 saturated carbocycles. The maximum Gasteiger partial charge on any atom is 0.191 e. The lowest BCUT2D eigenvalue weighted by atomic mass is 9.97. The number of guanidine groups is 1. The lowest BCUT2D eigenvalue weighted by Gasteiger charge is -2.38. The minimum atomic E-state index is -0.0264. The van der Waals surface area contributed by atoms with E-state index in [-0.39, 0.29) is 6.10 Å². The zero-order chi connectivity index (χ0) is 22.1. The van der Waals surface area contributed by atoms with Crippen molar-refractivity contribution in [2.24, 2.45) is 4.99 Å². The van der Waals surface area contributed by atoms with E-state index in [1.165, 1.54) is 5.56 Å². The average molecular weight is 425 g/mol. The Balaban J connectivity index is 1.44. The summed E-state index contributed by atoms with van der Waals surface area (Å²) < 4.78 is 11.4. The van der Waals surface area contributed by atoms with Gasteiger partial charge in [0.2, 0.25) is 0 Å². The van der Waals surface area contributed by atoms with Gasteiger partial charge in [-0.05, 0) is 44.4 Å². The normalized spacial score (nSPS) is 20.7. The summed E-state index contributed by atoms with van der Waals surface area (Å²) in [7, 11) is 3.47. The minimum absolute atomic E-state index is 0.0264. The van der Waals surface area contributed by atoms with Gasteiger partial charge in [0.25, 0.3) is 0 Å². The van der Waals surface area contributed by atoms with E-state index < -0.39 is 0 Å². The third-order valence-corrected chi connectivity index (χ3v) is 5.76. The topological polar surface area (TPSA) is 58.1 Å². The lowest BCUT2D eigenvalue weighted by Crippen LogP contribution is -2.52. The van der Waals surface area contributed by atoms with Crippen molar-refractivity contribution < 1.29 is 9.47 Å². The van der Waals surface area contributed by atoms with Gasteiger partial charge in [0.1, 0.15) is 6.10 Å². The predicted octanol–water partition coefficient (Wildman–Crippen LogP) is 3.68. The first-order chi connectivity index (χ1) is 15.1. The highest BCUT2D eigenvalue weighted by atomic mass is 16.5. The zero-order valence-corrected chi connectivity index (χ0v) is 19.2. The molecule has 1 aliphatic rings. The van der Waals surface area contributed by atoms with Crippen LogP contribution in [-0.2, 0) is 6.54 Å². The van der Waals surface area contributed by atoms with Gasteiger partial charge in [-0.15, -0.1) is 0 Å². The number of rotatable bonds is 8. The SMILES string of the molecule is CN=C(NCC(C)Oc1ccccc1OC)NC1CCN(Cc2ccccc2)C(C)C1. The summed E-state index contributed by atoms with van der Waals surface area (Å²) in [5, 5.41) is 6.99. The van der Waals surface area contributed by atoms with E-state index in [4.69, 9.17) is 9.47 Å². The molecular formula is C25H36N4O2. The molecule has 0 spiro atoms. The summed E-state index contributed by atoms with van der Waals surface area (Å²) in [5.41, 5.74) is 1.38. The highest BCUT2D eigenvalue weighted by Crippen LogP contribution is 2.26. The number of aliphatic imine (C=N–C) groups is 1. The van der Waals surface area contributed by atoms with Crippen molar-refractivity contribution >= 4 is 5.96 Å². The van der Waals surface area contributed by atoms with Gasteiger partial charge in [-0.25, -0.2) is 0 Å². The molecule has 0 bridgehead atoms. The molecular weight excluding hydrogens is 388 g/mol. The second-order valence-corrected chi connectivity index (χ2v) is 8.20. The number of nitrogens with one attached hydrogen (secondary N) is 2. The Labute approximate surface area is 186 Å². The molecule has 1 heterocycles. The molecule has 1 aliphatic heterocycles. The molecule has 0 aromatic heterocycles. The van der Waals surface area contributed by atoms with Crippen molar-refractivity contribution in [1.82, 2.24) is 15.5 Å². The van der Waals surface area contributed by atoms with Gasteiger partial charge >= 0.3 is 0 Å². The number of likely N-dealkylation sites (tertiary alicyclic amines) is 1. The summed E-state index contributed by atoms with van der Waals surface area (Å²) in [6, 6.07) is 19.4. The molecule has 3 unspecified atom stereocenters. The standard InChI is InChI=1S/C25H36N4O2/c1-19-16-22(14-15-29(19)18-21-10-6-5-7-11-21)28-25(26-3)27-17-20(2)31-24-13-9-8-12-23(24)30-4/h5-13,19-20,22H,14-18H2,1-4H3,(H2,26,27,28). The minimum Gasteiger partial charge on any atom is -0.493 e. The molecule has 0 amide bonds. The molecule has 2 N–H and O–H groups in total. The van der Waals surface area contributed by atoms with Crippen molar-refractivity contribution in [2.75, 3.05) is 27.2 Å². The highest BCUT2D eigenvalue weighted by Gasteiger charge is 2.26. The van der Waals surface area contributed by atoms with Gasteiger partial charge < -0.3 is 20.1 Å². The van der Waals surface area contributed by atoms with Crippen molar-refractivity contribution in [1.29, 1.82) is 0 Å². The number of benzene rings is 2. The number of nitrogens with zero attached hydrogens (tertiary/aromatic N) is 2. The number of hydrogen-bond donors (Lipinski definition) is 2. The Morgan fingerprint density at radius 2 is 1.84 bits per heavy atom. The molecule has 1 saturated heterocycles. The van der Waals surface area contributed by atoms with Crippen molar-refractivity contribution in [3.8, 4) is 11.5 Å². The number of methoxy groups -OCH3 is 1. The van der Waals surface area contributed by atoms with E-state index >= 15 is 0 Å². The van der Waals surface area contributed by atoms with Crippen LogP contribution in [0.15, 0.2) is 59.6 Å². The molecule has 6 heteroatoms. The number of piperidine rings is 1. The first kappa shape index (κ1) is 22.9. The van der Waals surface area contributed by atoms with E-state index in [9.17, 15) is 0 Å². The summed E-state index contributed by atoms with van der Waals surface area (Å²) in [6.07, 6.45) is 2.17. The second kappa shape index (κ2) is 11.6. The smallest absolute Gasteiger partial charge is 0.191 e. The van der Waals surface area contributed by atoms with Crippen molar-refractivity contribution in [3.05, 3.63) is 60.2 Å². The van der Waals surface area contributed by atoms with Crippen LogP contribution in [0.5, 0.6) is 11.5 Å². The van der Waals surface area contributed by atoms with Gasteiger partial charge in [-0.2, -0.15) is 0 Å². The van der Waals surface area contributed by atoms with Gasteiger partial charge in [0, 0.05) is 32.2 Å². The summed E-state index contributed by atoms with van der Waals surface area (Å²) in [6.45, 7) is 7.10. The second-order valence-electron chi connectivity index (χ2n) is 8.20. The van der Waals surface area contributed by atoms with Crippen LogP contribution in [-0.4, -0.2) is 56.3 Å². The highest BCUT2D eigenvalue weighted by molar-refractivity contribution is 5.80. The van der Waals surface area contributed by atoms with Gasteiger partial charge in [-0.1, -0.05) is 42.5 Å². The fourth-order valence-electron chi connectivity index (χ4n) is 4.01. The lowest BCUT2D eigenvalue weighted by molar-refractivity contribution is 0.134. The van der Waals surface area contributed by atoms with E-state index in [1.54, 1.807) is 7.11 Å². The summed E-state index contributed by atoms with van der Waals surface area (Å²) in [5.74, 6) is 2.32. The van der Waals surface area contributed by atoms with Crippen LogP contribution in [0, 0.1) is 0 Å². The van der Waals surface area contributed by atoms with Crippen LogP contribution in [0.1, 0.15) is 32.3 Å². The van der Waals surface area contributed by atoms with E-state index in [2.05, 4.69) is 57.8 Å². The van der Waals surface area contributed by atoms with Crippen molar-refractivity contribution in [2.45, 2.75) is 51.4 Å². The molecule has 0 aliphatic carbocycles. The zero-order valence-electron chi connectivity index (χ0n) is 19.2. The summed E-state index contributed by atoms with van der Waals surface area (Å²) >= 11 is 0. The monoisotopic (exact) mass is 424 g/mol. The number of ether oxygens (including phenoxy) is 2. The van der Waals surface area contributed by atoms with Gasteiger partial charge in [-0.3, -0.25) is 9.89 Å². The van der Waals surface area contributed by atoms with Crippen LogP contribution in [0.25, 0.3) is 0 Å². The van der Waals surface area contributed by atoms with E-state index in [0.29, 0.717) is 18.6 Å². The average Bonchev–Trinajstić information content (AvgIpc) is 2.79. The Bertz CT molecular complexity index is 827. The van der Waals surface area contributed by atoms with Gasteiger partial charge in [0.15, 0.2) is 17.5 Å². The van der Waals surface area contributed by atoms with Crippen LogP contribution in [0.3, 0.4) is 0 Å². The molecule has 168 valence electrons. The largest absolute Gasteiger partial charge is 0.493 e. The Morgan fingerprint density at radius 1 is 1.13 bits per heavy atom. The fraction of sp³-hybridized carbons (Fsp3) is 0.480. The molecule has 0 radical (unpaired) electrons. The first-order valence-electron chi connectivity index (χ1n) is 11.1. The quantitative estimate of drug-likeness (QED) is 0.500. The van der Waals surface area contributed by atoms with E-state index in [0.717, 1.165) is 43.4 Å². The van der Waals surface area contributed by atoms with Crippen LogP contribution in [0.2, 0.25) is 0 Å². The number of hydrogen-bond acceptors (Lipinski definition) is 4. The van der Waals surface area contributed by atoms with Crippen LogP contribution in [0.4, 0.5) is 0 Å². The first-order valence-corrected chi connectivity index (χ1v) is 11.1. The third kappa shape index (κ3) is 6.89. The molecule has 3 atom stereocenters. The molecule has 6 nitrogen and oxygen atoms in total. The Kier molecular flexibility index (Phi) is 8.59. The van der Waals surface area contributed by atoms with Gasteiger partial charge in [0.05, 0.1) is 13.7 Å². The molecule has 2 aromatic carbocycles. The maximum absolute atomic E-state index is 6.03. The number of para-hydroxylation sites is 2. The summed E-state index contributed by atoms with van der Waals surface area (Å²) in [4.78, 5) is 6.97. The Hall–Kier alpha value is -2.73. The molecule has 2 aromatic rings.